The van der Waals surface area contributed by atoms with Gasteiger partial charge in [-0.15, -0.1) is 11.3 Å². The summed E-state index contributed by atoms with van der Waals surface area (Å²) in [6.45, 7) is 0.684. The molecule has 1 heterocycles. The Bertz CT molecular complexity index is 587. The summed E-state index contributed by atoms with van der Waals surface area (Å²) < 4.78 is 0. The molecular formula is C15H18N4S. The van der Waals surface area contributed by atoms with E-state index >= 15 is 0 Å². The van der Waals surface area contributed by atoms with Gasteiger partial charge in [-0.3, -0.25) is 4.99 Å². The molecule has 0 saturated heterocycles. The van der Waals surface area contributed by atoms with Gasteiger partial charge in [0.2, 0.25) is 0 Å². The summed E-state index contributed by atoms with van der Waals surface area (Å²) >= 11 is 1.68. The van der Waals surface area contributed by atoms with Crippen LogP contribution in [0.1, 0.15) is 18.5 Å². The van der Waals surface area contributed by atoms with Crippen LogP contribution in [-0.4, -0.2) is 23.5 Å². The van der Waals surface area contributed by atoms with Crippen LogP contribution in [0.2, 0.25) is 0 Å². The third kappa shape index (κ3) is 3.57. The third-order valence-electron chi connectivity index (χ3n) is 3.15. The van der Waals surface area contributed by atoms with Crippen molar-refractivity contribution in [2.75, 3.05) is 6.54 Å². The molecule has 0 unspecified atom stereocenters. The Morgan fingerprint density at radius 3 is 2.90 bits per heavy atom. The smallest absolute Gasteiger partial charge is 0.188 e. The Morgan fingerprint density at radius 1 is 1.35 bits per heavy atom. The molecule has 3 rings (SSSR count). The molecular weight excluding hydrogens is 268 g/mol. The van der Waals surface area contributed by atoms with Crippen LogP contribution in [0.15, 0.2) is 40.7 Å². The van der Waals surface area contributed by atoms with E-state index in [1.807, 2.05) is 18.2 Å². The van der Waals surface area contributed by atoms with Gasteiger partial charge in [-0.2, -0.15) is 0 Å². The minimum absolute atomic E-state index is 0.558. The topological polar surface area (TPSA) is 63.3 Å². The van der Waals surface area contributed by atoms with Gasteiger partial charge in [0.05, 0.1) is 5.69 Å². The average Bonchev–Trinajstić information content (AvgIpc) is 3.15. The molecule has 2 aromatic rings. The van der Waals surface area contributed by atoms with Crippen LogP contribution in [0.25, 0.3) is 10.6 Å². The first-order chi connectivity index (χ1) is 9.81. The minimum atomic E-state index is 0.558. The molecule has 1 fully saturated rings. The second-order valence-electron chi connectivity index (χ2n) is 4.95. The van der Waals surface area contributed by atoms with E-state index in [0.717, 1.165) is 17.1 Å². The first kappa shape index (κ1) is 13.1. The lowest BCUT2D eigenvalue weighted by Crippen LogP contribution is -2.33. The maximum atomic E-state index is 5.80. The van der Waals surface area contributed by atoms with Crippen molar-refractivity contribution in [2.45, 2.75) is 25.3 Å². The van der Waals surface area contributed by atoms with Crippen LogP contribution < -0.4 is 11.1 Å². The molecule has 4 nitrogen and oxygen atoms in total. The van der Waals surface area contributed by atoms with Crippen molar-refractivity contribution in [3.05, 3.63) is 41.4 Å². The van der Waals surface area contributed by atoms with Gasteiger partial charge in [-0.1, -0.05) is 30.3 Å². The number of hydrogen-bond donors (Lipinski definition) is 2. The molecule has 0 spiro atoms. The van der Waals surface area contributed by atoms with E-state index in [4.69, 9.17) is 5.73 Å². The highest BCUT2D eigenvalue weighted by atomic mass is 32.1. The van der Waals surface area contributed by atoms with Crippen LogP contribution in [0, 0.1) is 0 Å². The van der Waals surface area contributed by atoms with Gasteiger partial charge >= 0.3 is 0 Å². The van der Waals surface area contributed by atoms with Crippen LogP contribution >= 0.6 is 11.3 Å². The molecule has 0 radical (unpaired) electrons. The Kier molecular flexibility index (Phi) is 3.97. The van der Waals surface area contributed by atoms with E-state index in [9.17, 15) is 0 Å². The van der Waals surface area contributed by atoms with Gasteiger partial charge in [-0.05, 0) is 12.8 Å². The number of hydrogen-bond acceptors (Lipinski definition) is 3. The fraction of sp³-hybridized carbons (Fsp3) is 0.333. The second kappa shape index (κ2) is 6.05. The lowest BCUT2D eigenvalue weighted by atomic mass is 10.2. The maximum absolute atomic E-state index is 5.80. The molecule has 1 aliphatic carbocycles. The zero-order chi connectivity index (χ0) is 13.8. The number of aliphatic imine (C=N–C) groups is 1. The Morgan fingerprint density at radius 2 is 2.15 bits per heavy atom. The van der Waals surface area contributed by atoms with Gasteiger partial charge in [0.15, 0.2) is 5.96 Å². The van der Waals surface area contributed by atoms with Crippen molar-refractivity contribution < 1.29 is 0 Å². The highest BCUT2D eigenvalue weighted by Gasteiger charge is 2.21. The molecule has 3 N–H and O–H groups in total. The Labute approximate surface area is 122 Å². The Hall–Kier alpha value is -1.88. The summed E-state index contributed by atoms with van der Waals surface area (Å²) in [6, 6.07) is 10.8. The van der Waals surface area contributed by atoms with Crippen molar-refractivity contribution in [1.82, 2.24) is 10.3 Å². The highest BCUT2D eigenvalue weighted by molar-refractivity contribution is 7.13. The fourth-order valence-corrected chi connectivity index (χ4v) is 2.77. The summed E-state index contributed by atoms with van der Waals surface area (Å²) in [5, 5.41) is 6.34. The first-order valence-corrected chi connectivity index (χ1v) is 7.75. The van der Waals surface area contributed by atoms with Gasteiger partial charge in [0.25, 0.3) is 0 Å². The minimum Gasteiger partial charge on any atom is -0.370 e. The molecule has 1 saturated carbocycles. The van der Waals surface area contributed by atoms with Crippen LogP contribution in [-0.2, 0) is 6.42 Å². The van der Waals surface area contributed by atoms with Crippen molar-refractivity contribution >= 4 is 17.3 Å². The van der Waals surface area contributed by atoms with Crippen molar-refractivity contribution in [1.29, 1.82) is 0 Å². The zero-order valence-corrected chi connectivity index (χ0v) is 12.1. The molecule has 20 heavy (non-hydrogen) atoms. The summed E-state index contributed by atoms with van der Waals surface area (Å²) in [5.74, 6) is 0.561. The van der Waals surface area contributed by atoms with E-state index in [0.29, 0.717) is 18.5 Å². The van der Waals surface area contributed by atoms with E-state index < -0.39 is 0 Å². The lowest BCUT2D eigenvalue weighted by molar-refractivity contribution is 0.864. The van der Waals surface area contributed by atoms with E-state index in [2.05, 4.69) is 32.8 Å². The van der Waals surface area contributed by atoms with Gasteiger partial charge < -0.3 is 11.1 Å². The number of rotatable bonds is 5. The number of nitrogens with one attached hydrogen (secondary N) is 1. The SMILES string of the molecule is NC(=NCCc1csc(-c2ccccc2)n1)NC1CC1. The standard InChI is InChI=1S/C15H18N4S/c16-15(19-12-6-7-12)17-9-8-13-10-20-14(18-13)11-4-2-1-3-5-11/h1-5,10,12H,6-9H2,(H3,16,17,19). The molecule has 5 heteroatoms. The van der Waals surface area contributed by atoms with Crippen molar-refractivity contribution in [3.8, 4) is 10.6 Å². The molecule has 0 aliphatic heterocycles. The number of guanidine groups is 1. The summed E-state index contributed by atoms with van der Waals surface area (Å²) in [6.07, 6.45) is 3.25. The summed E-state index contributed by atoms with van der Waals surface area (Å²) in [5.41, 5.74) is 8.05. The monoisotopic (exact) mass is 286 g/mol. The zero-order valence-electron chi connectivity index (χ0n) is 11.2. The predicted octanol–water partition coefficient (Wildman–Crippen LogP) is 2.42. The van der Waals surface area contributed by atoms with Crippen LogP contribution in [0.3, 0.4) is 0 Å². The molecule has 1 aliphatic rings. The van der Waals surface area contributed by atoms with Crippen LogP contribution in [0.5, 0.6) is 0 Å². The molecule has 1 aromatic heterocycles. The fourth-order valence-electron chi connectivity index (χ4n) is 1.91. The normalized spacial score (nSPS) is 15.3. The van der Waals surface area contributed by atoms with E-state index in [-0.39, 0.29) is 0 Å². The molecule has 0 bridgehead atoms. The largest absolute Gasteiger partial charge is 0.370 e. The molecule has 1 aromatic carbocycles. The first-order valence-electron chi connectivity index (χ1n) is 6.87. The number of aromatic nitrogens is 1. The van der Waals surface area contributed by atoms with Gasteiger partial charge in [0.1, 0.15) is 5.01 Å². The number of nitrogens with zero attached hydrogens (tertiary/aromatic N) is 2. The number of nitrogens with two attached hydrogens (primary N) is 1. The maximum Gasteiger partial charge on any atom is 0.188 e. The Balaban J connectivity index is 1.54. The molecule has 104 valence electrons. The van der Waals surface area contributed by atoms with Crippen molar-refractivity contribution in [3.63, 3.8) is 0 Å². The predicted molar refractivity (Wildman–Crippen MR) is 83.9 cm³/mol. The number of thiazole rings is 1. The molecule has 0 amide bonds. The summed E-state index contributed by atoms with van der Waals surface area (Å²) in [4.78, 5) is 8.97. The van der Waals surface area contributed by atoms with E-state index in [1.165, 1.54) is 18.4 Å². The second-order valence-corrected chi connectivity index (χ2v) is 5.80. The number of benzene rings is 1. The van der Waals surface area contributed by atoms with E-state index in [1.54, 1.807) is 11.3 Å². The van der Waals surface area contributed by atoms with Gasteiger partial charge in [0, 0.05) is 30.0 Å². The lowest BCUT2D eigenvalue weighted by Gasteiger charge is -2.01. The van der Waals surface area contributed by atoms with Crippen molar-refractivity contribution in [2.24, 2.45) is 10.7 Å². The molecule has 0 atom stereocenters. The quantitative estimate of drug-likeness (QED) is 0.655. The van der Waals surface area contributed by atoms with Gasteiger partial charge in [-0.25, -0.2) is 4.98 Å². The third-order valence-corrected chi connectivity index (χ3v) is 4.09. The van der Waals surface area contributed by atoms with Crippen LogP contribution in [0.4, 0.5) is 0 Å². The highest BCUT2D eigenvalue weighted by Crippen LogP contribution is 2.23. The average molecular weight is 286 g/mol. The summed E-state index contributed by atoms with van der Waals surface area (Å²) in [7, 11) is 0.